The molecule has 27 heavy (non-hydrogen) atoms. The van der Waals surface area contributed by atoms with Gasteiger partial charge in [-0.25, -0.2) is 4.79 Å². The summed E-state index contributed by atoms with van der Waals surface area (Å²) in [6.07, 6.45) is 2.42. The maximum absolute atomic E-state index is 12.7. The maximum atomic E-state index is 12.7. The molecule has 0 unspecified atom stereocenters. The van der Waals surface area contributed by atoms with Gasteiger partial charge in [0.1, 0.15) is 11.3 Å². The van der Waals surface area contributed by atoms with E-state index < -0.39 is 17.4 Å². The number of hydrogen-bond donors (Lipinski definition) is 2. The number of carboxylic acids is 1. The second-order valence-corrected chi connectivity index (χ2v) is 7.07. The van der Waals surface area contributed by atoms with Gasteiger partial charge in [0.2, 0.25) is 11.7 Å². The largest absolute Gasteiger partial charge is 0.485 e. The number of hydrogen-bond acceptors (Lipinski definition) is 6. The molecule has 1 saturated carbocycles. The zero-order valence-corrected chi connectivity index (χ0v) is 15.4. The summed E-state index contributed by atoms with van der Waals surface area (Å²) in [5.41, 5.74) is -0.862. The van der Waals surface area contributed by atoms with Gasteiger partial charge >= 0.3 is 5.97 Å². The molecule has 1 aromatic carbocycles. The lowest BCUT2D eigenvalue weighted by atomic mass is 9.77. The van der Waals surface area contributed by atoms with Crippen LogP contribution in [0, 0.1) is 12.8 Å². The van der Waals surface area contributed by atoms with E-state index >= 15 is 0 Å². The minimum Gasteiger partial charge on any atom is -0.485 e. The average Bonchev–Trinajstić information content (AvgIpc) is 3.07. The van der Waals surface area contributed by atoms with Crippen molar-refractivity contribution in [3.05, 3.63) is 41.5 Å². The van der Waals surface area contributed by atoms with Crippen LogP contribution in [0.2, 0.25) is 0 Å². The molecule has 8 heteroatoms. The van der Waals surface area contributed by atoms with E-state index in [-0.39, 0.29) is 6.61 Å². The highest BCUT2D eigenvalue weighted by molar-refractivity contribution is 5.98. The molecule has 0 atom stereocenters. The summed E-state index contributed by atoms with van der Waals surface area (Å²) in [6, 6.07) is 6.59. The van der Waals surface area contributed by atoms with E-state index in [1.165, 1.54) is 0 Å². The minimum absolute atomic E-state index is 0.110. The molecule has 8 nitrogen and oxygen atoms in total. The molecule has 1 fully saturated rings. The second-order valence-electron chi connectivity index (χ2n) is 7.07. The van der Waals surface area contributed by atoms with E-state index in [1.54, 1.807) is 31.2 Å². The van der Waals surface area contributed by atoms with E-state index in [0.29, 0.717) is 41.8 Å². The molecule has 2 N–H and O–H groups in total. The maximum Gasteiger partial charge on any atom is 0.329 e. The van der Waals surface area contributed by atoms with Crippen LogP contribution in [0.25, 0.3) is 0 Å². The van der Waals surface area contributed by atoms with Crippen LogP contribution in [0.4, 0.5) is 0 Å². The number of aliphatic carboxylic acids is 1. The third kappa shape index (κ3) is 4.45. The Morgan fingerprint density at radius 1 is 1.37 bits per heavy atom. The van der Waals surface area contributed by atoms with Crippen LogP contribution in [0.5, 0.6) is 5.75 Å². The van der Waals surface area contributed by atoms with Crippen LogP contribution >= 0.6 is 0 Å². The fourth-order valence-corrected chi connectivity index (χ4v) is 3.21. The molecule has 1 heterocycles. The molecule has 2 aromatic rings. The Hall–Kier alpha value is -2.90. The number of aromatic nitrogens is 2. The molecular weight excluding hydrogens is 350 g/mol. The number of benzene rings is 1. The van der Waals surface area contributed by atoms with Crippen molar-refractivity contribution in [3.63, 3.8) is 0 Å². The van der Waals surface area contributed by atoms with Crippen LogP contribution in [0.1, 0.15) is 54.7 Å². The highest BCUT2D eigenvalue weighted by atomic mass is 16.5. The molecule has 0 spiro atoms. The van der Waals surface area contributed by atoms with Gasteiger partial charge in [0.05, 0.1) is 0 Å². The normalized spacial score (nSPS) is 22.2. The van der Waals surface area contributed by atoms with Gasteiger partial charge in [0.25, 0.3) is 5.91 Å². The highest BCUT2D eigenvalue weighted by Crippen LogP contribution is 2.32. The number of aryl methyl sites for hydroxylation is 1. The Kier molecular flexibility index (Phi) is 5.43. The topological polar surface area (TPSA) is 115 Å². The molecule has 0 radical (unpaired) electrons. The van der Waals surface area contributed by atoms with E-state index in [9.17, 15) is 14.7 Å². The number of nitrogens with zero attached hydrogens (tertiary/aromatic N) is 2. The van der Waals surface area contributed by atoms with Gasteiger partial charge < -0.3 is 19.7 Å². The lowest BCUT2D eigenvalue weighted by Crippen LogP contribution is -2.56. The van der Waals surface area contributed by atoms with Crippen molar-refractivity contribution >= 4 is 11.9 Å². The number of amides is 1. The van der Waals surface area contributed by atoms with Gasteiger partial charge in [-0.1, -0.05) is 18.1 Å². The lowest BCUT2D eigenvalue weighted by Gasteiger charge is -2.36. The quantitative estimate of drug-likeness (QED) is 0.800. The van der Waals surface area contributed by atoms with Gasteiger partial charge in [-0.05, 0) is 49.8 Å². The van der Waals surface area contributed by atoms with Gasteiger partial charge in [-0.15, -0.1) is 0 Å². The highest BCUT2D eigenvalue weighted by Gasteiger charge is 2.42. The number of rotatable bonds is 6. The Morgan fingerprint density at radius 2 is 2.11 bits per heavy atom. The van der Waals surface area contributed by atoms with Crippen molar-refractivity contribution in [1.82, 2.24) is 15.5 Å². The van der Waals surface area contributed by atoms with Crippen LogP contribution in [-0.4, -0.2) is 32.7 Å². The van der Waals surface area contributed by atoms with E-state index in [1.807, 2.05) is 0 Å². The summed E-state index contributed by atoms with van der Waals surface area (Å²) in [7, 11) is 0. The van der Waals surface area contributed by atoms with Crippen LogP contribution in [-0.2, 0) is 11.4 Å². The lowest BCUT2D eigenvalue weighted by molar-refractivity contribution is -0.146. The first-order valence-electron chi connectivity index (χ1n) is 8.96. The molecule has 1 aliphatic carbocycles. The van der Waals surface area contributed by atoms with Crippen LogP contribution in [0.3, 0.4) is 0 Å². The molecule has 1 aliphatic rings. The van der Waals surface area contributed by atoms with E-state index in [2.05, 4.69) is 22.4 Å². The Morgan fingerprint density at radius 3 is 2.74 bits per heavy atom. The van der Waals surface area contributed by atoms with Crippen molar-refractivity contribution in [2.45, 2.75) is 51.7 Å². The van der Waals surface area contributed by atoms with Gasteiger partial charge in [0.15, 0.2) is 6.61 Å². The number of carbonyl (C=O) groups is 2. The van der Waals surface area contributed by atoms with Crippen molar-refractivity contribution < 1.29 is 24.0 Å². The molecule has 1 amide bonds. The minimum atomic E-state index is -1.21. The number of carboxylic acid groups (broad SMARTS) is 1. The zero-order valence-electron chi connectivity index (χ0n) is 15.4. The summed E-state index contributed by atoms with van der Waals surface area (Å²) in [6.45, 7) is 3.89. The van der Waals surface area contributed by atoms with Crippen LogP contribution < -0.4 is 10.1 Å². The van der Waals surface area contributed by atoms with E-state index in [4.69, 9.17) is 9.26 Å². The molecule has 0 aliphatic heterocycles. The van der Waals surface area contributed by atoms with Crippen LogP contribution in [0.15, 0.2) is 28.8 Å². The molecular formula is C19H23N3O5. The molecule has 1 aromatic heterocycles. The summed E-state index contributed by atoms with van der Waals surface area (Å²) >= 11 is 0. The van der Waals surface area contributed by atoms with E-state index in [0.717, 1.165) is 12.8 Å². The summed E-state index contributed by atoms with van der Waals surface area (Å²) < 4.78 is 10.5. The summed E-state index contributed by atoms with van der Waals surface area (Å²) in [4.78, 5) is 28.5. The van der Waals surface area contributed by atoms with Crippen molar-refractivity contribution in [3.8, 4) is 5.75 Å². The standard InChI is InChI=1S/C19H23N3O5/c1-12-6-8-19(9-7-12,18(24)25)21-17(23)14-4-3-5-15(10-14)26-11-16-20-13(2)27-22-16/h3-5,10,12H,6-9,11H2,1-2H3,(H,21,23)(H,24,25). The number of carbonyl (C=O) groups excluding carboxylic acids is 1. The van der Waals surface area contributed by atoms with Gasteiger partial charge in [-0.3, -0.25) is 4.79 Å². The van der Waals surface area contributed by atoms with Crippen molar-refractivity contribution in [2.75, 3.05) is 0 Å². The smallest absolute Gasteiger partial charge is 0.329 e. The SMILES string of the molecule is Cc1nc(COc2cccc(C(=O)NC3(C(=O)O)CCC(C)CC3)c2)no1. The monoisotopic (exact) mass is 373 g/mol. The first kappa shape index (κ1) is 18.9. The number of nitrogens with one attached hydrogen (secondary N) is 1. The predicted molar refractivity (Wildman–Crippen MR) is 95.3 cm³/mol. The number of ether oxygens (including phenoxy) is 1. The first-order chi connectivity index (χ1) is 12.9. The molecule has 3 rings (SSSR count). The van der Waals surface area contributed by atoms with Crippen molar-refractivity contribution in [2.24, 2.45) is 5.92 Å². The fourth-order valence-electron chi connectivity index (χ4n) is 3.21. The Bertz CT molecular complexity index is 824. The zero-order chi connectivity index (χ0) is 19.4. The summed E-state index contributed by atoms with van der Waals surface area (Å²) in [5, 5.41) is 16.2. The third-order valence-corrected chi connectivity index (χ3v) is 4.92. The fraction of sp³-hybridized carbons (Fsp3) is 0.474. The Balaban J connectivity index is 1.68. The third-order valence-electron chi connectivity index (χ3n) is 4.92. The molecule has 144 valence electrons. The predicted octanol–water partition coefficient (Wildman–Crippen LogP) is 2.72. The molecule has 0 saturated heterocycles. The average molecular weight is 373 g/mol. The summed E-state index contributed by atoms with van der Waals surface area (Å²) in [5.74, 6) is 0.382. The van der Waals surface area contributed by atoms with Gasteiger partial charge in [-0.2, -0.15) is 4.98 Å². The Labute approximate surface area is 156 Å². The first-order valence-corrected chi connectivity index (χ1v) is 8.96. The molecule has 0 bridgehead atoms. The van der Waals surface area contributed by atoms with Gasteiger partial charge in [0, 0.05) is 12.5 Å². The second kappa shape index (κ2) is 7.77. The van der Waals surface area contributed by atoms with Crippen molar-refractivity contribution in [1.29, 1.82) is 0 Å².